The fraction of sp³-hybridized carbons (Fsp3) is 0.235. The molecule has 130 valence electrons. The number of anilines is 1. The van der Waals surface area contributed by atoms with Crippen LogP contribution in [-0.4, -0.2) is 28.0 Å². The summed E-state index contributed by atoms with van der Waals surface area (Å²) in [7, 11) is 2.98. The third-order valence-corrected chi connectivity index (χ3v) is 3.82. The van der Waals surface area contributed by atoms with E-state index in [2.05, 4.69) is 15.6 Å². The van der Waals surface area contributed by atoms with Crippen molar-refractivity contribution in [2.45, 2.75) is 13.5 Å². The molecule has 0 aliphatic carbocycles. The van der Waals surface area contributed by atoms with E-state index in [0.717, 1.165) is 11.1 Å². The van der Waals surface area contributed by atoms with E-state index in [4.69, 9.17) is 9.26 Å². The van der Waals surface area contributed by atoms with Crippen LogP contribution in [0.15, 0.2) is 34.9 Å². The van der Waals surface area contributed by atoms with Gasteiger partial charge in [-0.15, -0.1) is 0 Å². The van der Waals surface area contributed by atoms with Gasteiger partial charge < -0.3 is 14.6 Å². The molecule has 0 aliphatic rings. The number of esters is 1. The molecule has 1 aromatic carbocycles. The minimum atomic E-state index is -0.462. The highest BCUT2D eigenvalue weighted by atomic mass is 19.1. The van der Waals surface area contributed by atoms with Gasteiger partial charge >= 0.3 is 5.97 Å². The molecule has 8 heteroatoms. The fourth-order valence-electron chi connectivity index (χ4n) is 2.46. The Morgan fingerprint density at radius 2 is 2.08 bits per heavy atom. The Hall–Kier alpha value is -3.16. The van der Waals surface area contributed by atoms with Crippen molar-refractivity contribution in [3.05, 3.63) is 53.2 Å². The smallest absolute Gasteiger partial charge is 0.356 e. The minimum absolute atomic E-state index is 0.313. The van der Waals surface area contributed by atoms with E-state index in [1.54, 1.807) is 32.2 Å². The molecule has 0 bridgehead atoms. The highest BCUT2D eigenvalue weighted by molar-refractivity contribution is 5.88. The molecule has 0 saturated carbocycles. The second-order valence-electron chi connectivity index (χ2n) is 5.46. The summed E-state index contributed by atoms with van der Waals surface area (Å²) in [6.45, 7) is 2.19. The number of hydrogen-bond acceptors (Lipinski definition) is 6. The summed E-state index contributed by atoms with van der Waals surface area (Å²) >= 11 is 0. The first-order valence-electron chi connectivity index (χ1n) is 7.57. The Kier molecular flexibility index (Phi) is 4.51. The van der Waals surface area contributed by atoms with Crippen LogP contribution < -0.4 is 5.32 Å². The second-order valence-corrected chi connectivity index (χ2v) is 5.46. The van der Waals surface area contributed by atoms with Crippen LogP contribution in [0.3, 0.4) is 0 Å². The van der Waals surface area contributed by atoms with E-state index in [1.165, 1.54) is 23.9 Å². The molecule has 0 atom stereocenters. The molecule has 3 rings (SSSR count). The van der Waals surface area contributed by atoms with Gasteiger partial charge in [0.1, 0.15) is 28.8 Å². The lowest BCUT2D eigenvalue weighted by atomic mass is 10.1. The molecular weight excluding hydrogens is 327 g/mol. The van der Waals surface area contributed by atoms with E-state index in [9.17, 15) is 9.18 Å². The topological polar surface area (TPSA) is 82.2 Å². The standard InChI is InChI=1S/C17H17FN4O3/c1-10-13(16(21-25-10)11-4-6-12(18)7-5-11)9-19-15-8-14(17(23)24-3)22(2)20-15/h4-8H,9H2,1-3H3,(H,19,20). The van der Waals surface area contributed by atoms with Crippen molar-refractivity contribution in [2.24, 2.45) is 7.05 Å². The number of hydrogen-bond donors (Lipinski definition) is 1. The third-order valence-electron chi connectivity index (χ3n) is 3.82. The van der Waals surface area contributed by atoms with Gasteiger partial charge in [0.25, 0.3) is 0 Å². The van der Waals surface area contributed by atoms with Crippen LogP contribution in [0.25, 0.3) is 11.3 Å². The highest BCUT2D eigenvalue weighted by Gasteiger charge is 2.17. The molecule has 0 spiro atoms. The number of carbonyl (C=O) groups is 1. The fourth-order valence-corrected chi connectivity index (χ4v) is 2.46. The Labute approximate surface area is 143 Å². The molecule has 7 nitrogen and oxygen atoms in total. The van der Waals surface area contributed by atoms with E-state index in [-0.39, 0.29) is 5.82 Å². The van der Waals surface area contributed by atoms with Crippen molar-refractivity contribution in [2.75, 3.05) is 12.4 Å². The van der Waals surface area contributed by atoms with Crippen LogP contribution in [0.4, 0.5) is 10.2 Å². The van der Waals surface area contributed by atoms with Crippen LogP contribution in [0.2, 0.25) is 0 Å². The largest absolute Gasteiger partial charge is 0.464 e. The SMILES string of the molecule is COC(=O)c1cc(NCc2c(-c3ccc(F)cc3)noc2C)nn1C. The Morgan fingerprint density at radius 1 is 1.36 bits per heavy atom. The summed E-state index contributed by atoms with van der Waals surface area (Å²) in [6.07, 6.45) is 0. The number of halogens is 1. The zero-order valence-electron chi connectivity index (χ0n) is 14.0. The second kappa shape index (κ2) is 6.76. The van der Waals surface area contributed by atoms with Crippen LogP contribution in [0.1, 0.15) is 21.8 Å². The number of aryl methyl sites for hydroxylation is 2. The summed E-state index contributed by atoms with van der Waals surface area (Å²) in [5, 5.41) is 11.4. The number of carbonyl (C=O) groups excluding carboxylic acids is 1. The van der Waals surface area contributed by atoms with Crippen molar-refractivity contribution in [1.82, 2.24) is 14.9 Å². The molecule has 2 aromatic heterocycles. The third kappa shape index (κ3) is 3.37. The van der Waals surface area contributed by atoms with E-state index in [1.807, 2.05) is 0 Å². The minimum Gasteiger partial charge on any atom is -0.464 e. The van der Waals surface area contributed by atoms with Gasteiger partial charge in [-0.3, -0.25) is 4.68 Å². The van der Waals surface area contributed by atoms with Gasteiger partial charge in [-0.1, -0.05) is 5.16 Å². The van der Waals surface area contributed by atoms with Crippen molar-refractivity contribution in [3.63, 3.8) is 0 Å². The molecule has 0 radical (unpaired) electrons. The number of ether oxygens (including phenoxy) is 1. The van der Waals surface area contributed by atoms with Crippen LogP contribution in [-0.2, 0) is 18.3 Å². The Bertz CT molecular complexity index is 899. The number of methoxy groups -OCH3 is 1. The van der Waals surface area contributed by atoms with Gasteiger partial charge in [-0.25, -0.2) is 9.18 Å². The molecule has 0 unspecified atom stereocenters. The zero-order chi connectivity index (χ0) is 18.0. The Balaban J connectivity index is 1.81. The number of benzene rings is 1. The first kappa shape index (κ1) is 16.7. The highest BCUT2D eigenvalue weighted by Crippen LogP contribution is 2.26. The maximum Gasteiger partial charge on any atom is 0.356 e. The maximum atomic E-state index is 13.1. The van der Waals surface area contributed by atoms with Crippen LogP contribution in [0, 0.1) is 12.7 Å². The zero-order valence-corrected chi connectivity index (χ0v) is 14.0. The monoisotopic (exact) mass is 344 g/mol. The van der Waals surface area contributed by atoms with Gasteiger partial charge in [0, 0.05) is 30.8 Å². The van der Waals surface area contributed by atoms with Gasteiger partial charge in [0.15, 0.2) is 0 Å². The lowest BCUT2D eigenvalue weighted by Gasteiger charge is -2.04. The van der Waals surface area contributed by atoms with Gasteiger partial charge in [0.2, 0.25) is 0 Å². The molecule has 1 N–H and O–H groups in total. The van der Waals surface area contributed by atoms with Crippen molar-refractivity contribution in [3.8, 4) is 11.3 Å². The van der Waals surface area contributed by atoms with Crippen LogP contribution >= 0.6 is 0 Å². The maximum absolute atomic E-state index is 13.1. The average molecular weight is 344 g/mol. The number of aromatic nitrogens is 3. The number of nitrogens with zero attached hydrogens (tertiary/aromatic N) is 3. The summed E-state index contributed by atoms with van der Waals surface area (Å²) in [4.78, 5) is 11.6. The van der Waals surface area contributed by atoms with E-state index in [0.29, 0.717) is 29.5 Å². The number of nitrogens with one attached hydrogen (secondary N) is 1. The summed E-state index contributed by atoms with van der Waals surface area (Å²) in [5.74, 6) is 0.396. The van der Waals surface area contributed by atoms with Crippen molar-refractivity contribution in [1.29, 1.82) is 0 Å². The van der Waals surface area contributed by atoms with Gasteiger partial charge in [-0.2, -0.15) is 5.10 Å². The molecule has 0 amide bonds. The molecule has 2 heterocycles. The molecule has 25 heavy (non-hydrogen) atoms. The molecule has 0 aliphatic heterocycles. The average Bonchev–Trinajstić information content (AvgIpc) is 3.16. The lowest BCUT2D eigenvalue weighted by Crippen LogP contribution is -2.08. The normalized spacial score (nSPS) is 10.7. The summed E-state index contributed by atoms with van der Waals surface area (Å²) in [6, 6.07) is 7.64. The molecular formula is C17H17FN4O3. The summed E-state index contributed by atoms with van der Waals surface area (Å²) < 4.78 is 24.5. The summed E-state index contributed by atoms with van der Waals surface area (Å²) in [5.41, 5.74) is 2.56. The number of rotatable bonds is 5. The first-order valence-corrected chi connectivity index (χ1v) is 7.57. The quantitative estimate of drug-likeness (QED) is 0.717. The lowest BCUT2D eigenvalue weighted by molar-refractivity contribution is 0.0588. The van der Waals surface area contributed by atoms with E-state index < -0.39 is 5.97 Å². The predicted molar refractivity (Wildman–Crippen MR) is 88.5 cm³/mol. The predicted octanol–water partition coefficient (Wildman–Crippen LogP) is 2.92. The Morgan fingerprint density at radius 3 is 2.76 bits per heavy atom. The van der Waals surface area contributed by atoms with E-state index >= 15 is 0 Å². The molecule has 0 fully saturated rings. The van der Waals surface area contributed by atoms with Crippen molar-refractivity contribution >= 4 is 11.8 Å². The van der Waals surface area contributed by atoms with Crippen molar-refractivity contribution < 1.29 is 18.4 Å². The first-order chi connectivity index (χ1) is 12.0. The molecule has 0 saturated heterocycles. The van der Waals surface area contributed by atoms with Gasteiger partial charge in [-0.05, 0) is 31.2 Å². The molecule has 3 aromatic rings. The van der Waals surface area contributed by atoms with Gasteiger partial charge in [0.05, 0.1) is 7.11 Å². The van der Waals surface area contributed by atoms with Crippen LogP contribution in [0.5, 0.6) is 0 Å².